The van der Waals surface area contributed by atoms with Crippen LogP contribution in [0.15, 0.2) is 0 Å². The summed E-state index contributed by atoms with van der Waals surface area (Å²) in [4.78, 5) is 0. The van der Waals surface area contributed by atoms with Gasteiger partial charge in [0.15, 0.2) is 0 Å². The number of hydroxylamine groups is 2. The van der Waals surface area contributed by atoms with Crippen LogP contribution in [0, 0.1) is 11.1 Å². The Morgan fingerprint density at radius 1 is 1.50 bits per heavy atom. The molecular weight excluding hydrogens is 102 g/mol. The second-order valence-electron chi connectivity index (χ2n) is 2.77. The van der Waals surface area contributed by atoms with E-state index in [-0.39, 0.29) is 0 Å². The zero-order valence-electron chi connectivity index (χ0n) is 5.48. The topological polar surface area (TPSA) is 27.5 Å². The van der Waals surface area contributed by atoms with E-state index in [9.17, 15) is 5.21 Å². The summed E-state index contributed by atoms with van der Waals surface area (Å²) >= 11 is 0. The van der Waals surface area contributed by atoms with E-state index in [0.29, 0.717) is 17.0 Å². The van der Waals surface area contributed by atoms with Gasteiger partial charge in [-0.1, -0.05) is 6.92 Å². The van der Waals surface area contributed by atoms with Crippen molar-refractivity contribution in [3.05, 3.63) is 5.21 Å². The van der Waals surface area contributed by atoms with Gasteiger partial charge < -0.3 is 10.3 Å². The van der Waals surface area contributed by atoms with E-state index < -0.39 is 0 Å². The molecule has 1 aliphatic heterocycles. The predicted octanol–water partition coefficient (Wildman–Crippen LogP) is -0.203. The van der Waals surface area contributed by atoms with Crippen LogP contribution in [0.4, 0.5) is 0 Å². The molecule has 1 fully saturated rings. The van der Waals surface area contributed by atoms with Crippen molar-refractivity contribution in [2.75, 3.05) is 6.54 Å². The first kappa shape index (κ1) is 6.05. The molecule has 48 valence electrons. The summed E-state index contributed by atoms with van der Waals surface area (Å²) in [6.07, 6.45) is 1.11. The Morgan fingerprint density at radius 2 is 2.12 bits per heavy atom. The van der Waals surface area contributed by atoms with Gasteiger partial charge in [0, 0.05) is 12.3 Å². The Labute approximate surface area is 50.1 Å². The second-order valence-corrected chi connectivity index (χ2v) is 2.77. The first-order valence-corrected chi connectivity index (χ1v) is 3.24. The maximum Gasteiger partial charge on any atom is 0.0871 e. The molecule has 1 rings (SSSR count). The maximum absolute atomic E-state index is 10.8. The van der Waals surface area contributed by atoms with Gasteiger partial charge in [0.2, 0.25) is 0 Å². The number of nitrogens with one attached hydrogen (secondary N) is 1. The molecule has 1 N–H and O–H groups in total. The molecule has 0 aromatic heterocycles. The molecule has 1 aliphatic rings. The molecule has 2 nitrogen and oxygen atoms in total. The zero-order chi connectivity index (χ0) is 6.15. The van der Waals surface area contributed by atoms with Crippen molar-refractivity contribution in [1.82, 2.24) is 0 Å². The molecule has 1 heterocycles. The molecule has 3 unspecified atom stereocenters. The molecule has 8 heavy (non-hydrogen) atoms. The van der Waals surface area contributed by atoms with Gasteiger partial charge >= 0.3 is 0 Å². The highest BCUT2D eigenvalue weighted by molar-refractivity contribution is 4.64. The van der Waals surface area contributed by atoms with Crippen molar-refractivity contribution in [1.29, 1.82) is 0 Å². The van der Waals surface area contributed by atoms with E-state index in [0.717, 1.165) is 13.0 Å². The van der Waals surface area contributed by atoms with Crippen LogP contribution in [0.2, 0.25) is 0 Å². The SMILES string of the molecule is CC1CC[NH+]([O-])C1C. The molecule has 0 amide bonds. The number of hydrogen-bond acceptors (Lipinski definition) is 1. The summed E-state index contributed by atoms with van der Waals surface area (Å²) in [5, 5.41) is 11.2. The summed E-state index contributed by atoms with van der Waals surface area (Å²) in [7, 11) is 0. The third-order valence-electron chi connectivity index (χ3n) is 2.21. The van der Waals surface area contributed by atoms with Crippen LogP contribution in [-0.4, -0.2) is 12.6 Å². The van der Waals surface area contributed by atoms with Crippen LogP contribution in [0.25, 0.3) is 0 Å². The van der Waals surface area contributed by atoms with Crippen molar-refractivity contribution >= 4 is 0 Å². The second kappa shape index (κ2) is 2.03. The van der Waals surface area contributed by atoms with Crippen LogP contribution < -0.4 is 5.06 Å². The first-order valence-electron chi connectivity index (χ1n) is 3.24. The van der Waals surface area contributed by atoms with Gasteiger partial charge in [-0.25, -0.2) is 0 Å². The van der Waals surface area contributed by atoms with Gasteiger partial charge in [0.05, 0.1) is 12.6 Å². The lowest BCUT2D eigenvalue weighted by Crippen LogP contribution is -3.08. The summed E-state index contributed by atoms with van der Waals surface area (Å²) in [5.41, 5.74) is 0. The van der Waals surface area contributed by atoms with Crippen LogP contribution >= 0.6 is 0 Å². The Kier molecular flexibility index (Phi) is 1.54. The first-order chi connectivity index (χ1) is 3.72. The highest BCUT2D eigenvalue weighted by Crippen LogP contribution is 2.08. The Balaban J connectivity index is 2.44. The van der Waals surface area contributed by atoms with Gasteiger partial charge in [0.1, 0.15) is 0 Å². The van der Waals surface area contributed by atoms with Crippen LogP contribution in [0.3, 0.4) is 0 Å². The molecule has 0 aromatic rings. The minimum absolute atomic E-state index is 0.343. The molecule has 0 aliphatic carbocycles. The quantitative estimate of drug-likeness (QED) is 0.435. The van der Waals surface area contributed by atoms with Crippen molar-refractivity contribution in [2.45, 2.75) is 26.3 Å². The highest BCUT2D eigenvalue weighted by atomic mass is 16.5. The molecule has 0 saturated carbocycles. The Hall–Kier alpha value is -0.0800. The Morgan fingerprint density at radius 3 is 2.25 bits per heavy atom. The van der Waals surface area contributed by atoms with Crippen molar-refractivity contribution in [2.24, 2.45) is 5.92 Å². The highest BCUT2D eigenvalue weighted by Gasteiger charge is 2.25. The molecule has 3 atom stereocenters. The van der Waals surface area contributed by atoms with Gasteiger partial charge in [-0.2, -0.15) is 0 Å². The largest absolute Gasteiger partial charge is 0.634 e. The lowest BCUT2D eigenvalue weighted by atomic mass is 10.1. The molecular formula is C6H13NO. The lowest BCUT2D eigenvalue weighted by Gasteiger charge is -2.22. The average molecular weight is 115 g/mol. The summed E-state index contributed by atoms with van der Waals surface area (Å²) in [6.45, 7) is 5.00. The van der Waals surface area contributed by atoms with Crippen LogP contribution in [-0.2, 0) is 0 Å². The zero-order valence-corrected chi connectivity index (χ0v) is 5.48. The van der Waals surface area contributed by atoms with Gasteiger partial charge in [-0.15, -0.1) is 0 Å². The standard InChI is InChI=1S/C6H13NO/c1-5-3-4-7(8)6(5)2/h5-7H,3-4H2,1-2H3. The van der Waals surface area contributed by atoms with E-state index in [1.165, 1.54) is 0 Å². The van der Waals surface area contributed by atoms with E-state index in [1.807, 2.05) is 6.92 Å². The Bertz CT molecular complexity index is 74.6. The fraction of sp³-hybridized carbons (Fsp3) is 1.00. The van der Waals surface area contributed by atoms with Gasteiger partial charge in [0.25, 0.3) is 0 Å². The number of quaternary nitrogens is 1. The fourth-order valence-corrected chi connectivity index (χ4v) is 1.16. The number of rotatable bonds is 0. The minimum atomic E-state index is 0.343. The molecule has 1 saturated heterocycles. The molecule has 0 spiro atoms. The van der Waals surface area contributed by atoms with Crippen LogP contribution in [0.5, 0.6) is 0 Å². The van der Waals surface area contributed by atoms with Gasteiger partial charge in [-0.05, 0) is 6.92 Å². The lowest BCUT2D eigenvalue weighted by molar-refractivity contribution is -0.860. The van der Waals surface area contributed by atoms with E-state index >= 15 is 0 Å². The van der Waals surface area contributed by atoms with E-state index in [2.05, 4.69) is 6.92 Å². The van der Waals surface area contributed by atoms with Crippen LogP contribution in [0.1, 0.15) is 20.3 Å². The van der Waals surface area contributed by atoms with E-state index in [4.69, 9.17) is 0 Å². The molecule has 0 aromatic carbocycles. The average Bonchev–Trinajstić information content (AvgIpc) is 1.98. The molecule has 0 bridgehead atoms. The smallest absolute Gasteiger partial charge is 0.0871 e. The third kappa shape index (κ3) is 0.858. The summed E-state index contributed by atoms with van der Waals surface area (Å²) in [5.74, 6) is 0.641. The third-order valence-corrected chi connectivity index (χ3v) is 2.21. The maximum atomic E-state index is 10.8. The van der Waals surface area contributed by atoms with Crippen molar-refractivity contribution in [3.8, 4) is 0 Å². The number of hydrogen-bond donors (Lipinski definition) is 1. The minimum Gasteiger partial charge on any atom is -0.634 e. The summed E-state index contributed by atoms with van der Waals surface area (Å²) in [6, 6.07) is 0.343. The predicted molar refractivity (Wildman–Crippen MR) is 32.4 cm³/mol. The summed E-state index contributed by atoms with van der Waals surface area (Å²) < 4.78 is 0. The normalized spacial score (nSPS) is 47.6. The molecule has 0 radical (unpaired) electrons. The van der Waals surface area contributed by atoms with Crippen molar-refractivity contribution < 1.29 is 5.06 Å². The fourth-order valence-electron chi connectivity index (χ4n) is 1.16. The van der Waals surface area contributed by atoms with Gasteiger partial charge in [-0.3, -0.25) is 0 Å². The van der Waals surface area contributed by atoms with E-state index in [1.54, 1.807) is 0 Å². The van der Waals surface area contributed by atoms with Crippen molar-refractivity contribution in [3.63, 3.8) is 0 Å². The monoisotopic (exact) mass is 115 g/mol. The molecule has 2 heteroatoms.